The number of thiazole rings is 1. The number of amides is 3. The third-order valence-electron chi connectivity index (χ3n) is 3.80. The first-order chi connectivity index (χ1) is 13.1. The molecule has 0 aliphatic rings. The summed E-state index contributed by atoms with van der Waals surface area (Å²) < 4.78 is 5.13. The van der Waals surface area contributed by atoms with E-state index >= 15 is 0 Å². The highest BCUT2D eigenvalue weighted by molar-refractivity contribution is 7.09. The first-order valence-corrected chi connectivity index (χ1v) is 9.95. The second-order valence-corrected chi connectivity index (χ2v) is 8.65. The molecule has 152 valence electrons. The minimum atomic E-state index is -0.330. The Labute approximate surface area is 170 Å². The standard InChI is InChI=1S/C20H28N4O3S/c1-13(2)24(19(26)21-14-7-9-15(27-6)10-8-14)11-17-22-16(12-28-17)18(25)23-20(3,4)5/h7-10,12-13H,11H2,1-6H3,(H,21,26)(H,23,25). The zero-order valence-electron chi connectivity index (χ0n) is 17.2. The molecular weight excluding hydrogens is 376 g/mol. The Kier molecular flexibility index (Phi) is 7.01. The number of carbonyl (C=O) groups excluding carboxylic acids is 2. The topological polar surface area (TPSA) is 83.6 Å². The normalized spacial score (nSPS) is 11.2. The van der Waals surface area contributed by atoms with Crippen LogP contribution in [0, 0.1) is 0 Å². The Morgan fingerprint density at radius 2 is 1.86 bits per heavy atom. The Balaban J connectivity index is 2.06. The van der Waals surface area contributed by atoms with Crippen LogP contribution in [0.15, 0.2) is 29.6 Å². The van der Waals surface area contributed by atoms with Gasteiger partial charge in [0, 0.05) is 22.6 Å². The summed E-state index contributed by atoms with van der Waals surface area (Å²) in [5.41, 5.74) is 0.721. The number of methoxy groups -OCH3 is 1. The van der Waals surface area contributed by atoms with Crippen LogP contribution >= 0.6 is 11.3 Å². The molecule has 0 unspecified atom stereocenters. The Morgan fingerprint density at radius 3 is 2.39 bits per heavy atom. The smallest absolute Gasteiger partial charge is 0.322 e. The first-order valence-electron chi connectivity index (χ1n) is 9.07. The number of rotatable bonds is 6. The van der Waals surface area contributed by atoms with Crippen molar-refractivity contribution in [2.45, 2.75) is 52.7 Å². The molecule has 0 aliphatic carbocycles. The number of benzene rings is 1. The predicted octanol–water partition coefficient (Wildman–Crippen LogP) is 4.12. The fraction of sp³-hybridized carbons (Fsp3) is 0.450. The average Bonchev–Trinajstić information content (AvgIpc) is 3.07. The van der Waals surface area contributed by atoms with Crippen molar-refractivity contribution < 1.29 is 14.3 Å². The molecule has 2 aromatic rings. The highest BCUT2D eigenvalue weighted by Gasteiger charge is 2.21. The van der Waals surface area contributed by atoms with Gasteiger partial charge in [-0.3, -0.25) is 4.79 Å². The minimum Gasteiger partial charge on any atom is -0.497 e. The zero-order valence-corrected chi connectivity index (χ0v) is 18.0. The molecule has 1 aromatic carbocycles. The fourth-order valence-corrected chi connectivity index (χ4v) is 3.17. The van der Waals surface area contributed by atoms with Crippen molar-refractivity contribution >= 4 is 29.0 Å². The fourth-order valence-electron chi connectivity index (χ4n) is 2.40. The average molecular weight is 405 g/mol. The Bertz CT molecular complexity index is 810. The second kappa shape index (κ2) is 9.05. The van der Waals surface area contributed by atoms with Crippen molar-refractivity contribution in [1.29, 1.82) is 0 Å². The highest BCUT2D eigenvalue weighted by atomic mass is 32.1. The Hall–Kier alpha value is -2.61. The molecule has 0 spiro atoms. The summed E-state index contributed by atoms with van der Waals surface area (Å²) in [6, 6.07) is 6.89. The van der Waals surface area contributed by atoms with E-state index in [9.17, 15) is 9.59 Å². The molecule has 2 rings (SSSR count). The maximum absolute atomic E-state index is 12.7. The van der Waals surface area contributed by atoms with Crippen LogP contribution in [0.4, 0.5) is 10.5 Å². The van der Waals surface area contributed by atoms with Crippen LogP contribution in [0.5, 0.6) is 5.75 Å². The van der Waals surface area contributed by atoms with Crippen LogP contribution in [0.25, 0.3) is 0 Å². The quantitative estimate of drug-likeness (QED) is 0.758. The lowest BCUT2D eigenvalue weighted by Crippen LogP contribution is -2.41. The summed E-state index contributed by atoms with van der Waals surface area (Å²) in [5.74, 6) is 0.511. The van der Waals surface area contributed by atoms with E-state index in [1.807, 2.05) is 34.6 Å². The molecule has 1 heterocycles. The molecule has 7 nitrogen and oxygen atoms in total. The van der Waals surface area contributed by atoms with Crippen molar-refractivity contribution in [1.82, 2.24) is 15.2 Å². The predicted molar refractivity (Wildman–Crippen MR) is 112 cm³/mol. The van der Waals surface area contributed by atoms with E-state index in [0.29, 0.717) is 22.9 Å². The first kappa shape index (κ1) is 21.7. The van der Waals surface area contributed by atoms with Gasteiger partial charge in [0.2, 0.25) is 0 Å². The summed E-state index contributed by atoms with van der Waals surface area (Å²) in [4.78, 5) is 31.0. The van der Waals surface area contributed by atoms with Crippen molar-refractivity contribution in [2.24, 2.45) is 0 Å². The van der Waals surface area contributed by atoms with E-state index in [1.165, 1.54) is 11.3 Å². The lowest BCUT2D eigenvalue weighted by atomic mass is 10.1. The summed E-state index contributed by atoms with van der Waals surface area (Å²) >= 11 is 1.37. The van der Waals surface area contributed by atoms with Gasteiger partial charge in [0.15, 0.2) is 0 Å². The maximum Gasteiger partial charge on any atom is 0.322 e. The maximum atomic E-state index is 12.7. The van der Waals surface area contributed by atoms with Crippen LogP contribution in [0.2, 0.25) is 0 Å². The molecule has 3 amide bonds. The molecule has 1 aromatic heterocycles. The SMILES string of the molecule is COc1ccc(NC(=O)N(Cc2nc(C(=O)NC(C)(C)C)cs2)C(C)C)cc1. The van der Waals surface area contributed by atoms with E-state index in [-0.39, 0.29) is 23.5 Å². The molecule has 0 fully saturated rings. The van der Waals surface area contributed by atoms with Gasteiger partial charge >= 0.3 is 6.03 Å². The van der Waals surface area contributed by atoms with E-state index < -0.39 is 0 Å². The Morgan fingerprint density at radius 1 is 1.21 bits per heavy atom. The monoisotopic (exact) mass is 404 g/mol. The van der Waals surface area contributed by atoms with Gasteiger partial charge in [-0.2, -0.15) is 0 Å². The van der Waals surface area contributed by atoms with E-state index in [1.54, 1.807) is 41.7 Å². The minimum absolute atomic E-state index is 0.0333. The molecule has 0 atom stereocenters. The van der Waals surface area contributed by atoms with Gasteiger partial charge in [0.05, 0.1) is 13.7 Å². The van der Waals surface area contributed by atoms with Crippen molar-refractivity contribution in [3.05, 3.63) is 40.3 Å². The second-order valence-electron chi connectivity index (χ2n) is 7.71. The van der Waals surface area contributed by atoms with Gasteiger partial charge in [0.25, 0.3) is 5.91 Å². The molecule has 0 radical (unpaired) electrons. The number of aromatic nitrogens is 1. The molecule has 0 bridgehead atoms. The zero-order chi connectivity index (χ0) is 20.9. The molecule has 2 N–H and O–H groups in total. The molecule has 8 heteroatoms. The van der Waals surface area contributed by atoms with Crippen LogP contribution in [-0.2, 0) is 6.54 Å². The molecule has 0 saturated heterocycles. The number of nitrogens with one attached hydrogen (secondary N) is 2. The number of hydrogen-bond acceptors (Lipinski definition) is 5. The van der Waals surface area contributed by atoms with Gasteiger partial charge in [0.1, 0.15) is 16.5 Å². The van der Waals surface area contributed by atoms with Gasteiger partial charge in [-0.05, 0) is 58.9 Å². The number of nitrogens with zero attached hydrogens (tertiary/aromatic N) is 2. The summed E-state index contributed by atoms with van der Waals surface area (Å²) in [6.07, 6.45) is 0. The number of urea groups is 1. The van der Waals surface area contributed by atoms with Gasteiger partial charge in [-0.1, -0.05) is 0 Å². The molecule has 28 heavy (non-hydrogen) atoms. The lowest BCUT2D eigenvalue weighted by Gasteiger charge is -2.26. The van der Waals surface area contributed by atoms with E-state index in [2.05, 4.69) is 15.6 Å². The molecular formula is C20H28N4O3S. The largest absolute Gasteiger partial charge is 0.497 e. The van der Waals surface area contributed by atoms with Crippen molar-refractivity contribution in [3.63, 3.8) is 0 Å². The number of anilines is 1. The van der Waals surface area contributed by atoms with Crippen molar-refractivity contribution in [2.75, 3.05) is 12.4 Å². The van der Waals surface area contributed by atoms with E-state index in [4.69, 9.17) is 4.74 Å². The lowest BCUT2D eigenvalue weighted by molar-refractivity contribution is 0.0915. The third-order valence-corrected chi connectivity index (χ3v) is 4.64. The summed E-state index contributed by atoms with van der Waals surface area (Å²) in [7, 11) is 1.60. The summed E-state index contributed by atoms with van der Waals surface area (Å²) in [5, 5.41) is 8.20. The van der Waals surface area contributed by atoms with Crippen LogP contribution in [0.1, 0.15) is 50.1 Å². The van der Waals surface area contributed by atoms with E-state index in [0.717, 1.165) is 5.75 Å². The van der Waals surface area contributed by atoms with Gasteiger partial charge < -0.3 is 20.3 Å². The van der Waals surface area contributed by atoms with Gasteiger partial charge in [-0.15, -0.1) is 11.3 Å². The van der Waals surface area contributed by atoms with Crippen LogP contribution in [-0.4, -0.2) is 40.5 Å². The van der Waals surface area contributed by atoms with Gasteiger partial charge in [-0.25, -0.2) is 9.78 Å². The molecule has 0 aliphatic heterocycles. The number of carbonyl (C=O) groups is 2. The number of ether oxygens (including phenoxy) is 1. The van der Waals surface area contributed by atoms with Crippen molar-refractivity contribution in [3.8, 4) is 5.75 Å². The van der Waals surface area contributed by atoms with Crippen LogP contribution < -0.4 is 15.4 Å². The third kappa shape index (κ3) is 6.23. The van der Waals surface area contributed by atoms with Crippen LogP contribution in [0.3, 0.4) is 0 Å². The number of hydrogen-bond donors (Lipinski definition) is 2. The highest BCUT2D eigenvalue weighted by Crippen LogP contribution is 2.18. The summed E-state index contributed by atoms with van der Waals surface area (Å²) in [6.45, 7) is 9.96. The molecule has 0 saturated carbocycles.